The molecule has 6 nitrogen and oxygen atoms in total. The van der Waals surface area contributed by atoms with Gasteiger partial charge in [-0.15, -0.1) is 0 Å². The highest BCUT2D eigenvalue weighted by atomic mass is 16.5. The fraction of sp³-hybridized carbons (Fsp3) is 0.320. The average Bonchev–Trinajstić information content (AvgIpc) is 3.19. The lowest BCUT2D eigenvalue weighted by Gasteiger charge is -2.38. The van der Waals surface area contributed by atoms with Crippen LogP contribution in [0.3, 0.4) is 0 Å². The molecule has 1 aliphatic heterocycles. The number of rotatable bonds is 4. The summed E-state index contributed by atoms with van der Waals surface area (Å²) in [5.74, 6) is 1.60. The molecule has 0 spiro atoms. The van der Waals surface area contributed by atoms with Gasteiger partial charge in [0.15, 0.2) is 5.78 Å². The highest BCUT2D eigenvalue weighted by Crippen LogP contribution is 2.45. The van der Waals surface area contributed by atoms with Crippen LogP contribution in [-0.2, 0) is 11.4 Å². The molecule has 0 saturated heterocycles. The van der Waals surface area contributed by atoms with Crippen molar-refractivity contribution in [2.45, 2.75) is 46.3 Å². The maximum absolute atomic E-state index is 13.2. The minimum atomic E-state index is -0.306. The molecule has 6 heteroatoms. The number of hydrogen-bond acceptors (Lipinski definition) is 5. The summed E-state index contributed by atoms with van der Waals surface area (Å²) in [6, 6.07) is 15.9. The second kappa shape index (κ2) is 7.38. The number of aryl methyl sites for hydroxylation is 1. The summed E-state index contributed by atoms with van der Waals surface area (Å²) in [6.07, 6.45) is 2.86. The van der Waals surface area contributed by atoms with Gasteiger partial charge >= 0.3 is 0 Å². The molecule has 158 valence electrons. The molecular formula is C25H26N4O2. The van der Waals surface area contributed by atoms with E-state index in [-0.39, 0.29) is 17.2 Å². The lowest BCUT2D eigenvalue weighted by molar-refractivity contribution is -0.118. The Morgan fingerprint density at radius 3 is 2.84 bits per heavy atom. The lowest BCUT2D eigenvalue weighted by Crippen LogP contribution is -2.36. The van der Waals surface area contributed by atoms with E-state index in [1.807, 2.05) is 36.4 Å². The molecule has 1 aliphatic carbocycles. The van der Waals surface area contributed by atoms with Crippen LogP contribution in [0.4, 0.5) is 5.95 Å². The van der Waals surface area contributed by atoms with Gasteiger partial charge in [-0.3, -0.25) is 4.79 Å². The van der Waals surface area contributed by atoms with Crippen molar-refractivity contribution in [2.24, 2.45) is 5.41 Å². The summed E-state index contributed by atoms with van der Waals surface area (Å²) in [4.78, 5) is 17.6. The third-order valence-electron chi connectivity index (χ3n) is 6.10. The predicted octanol–water partition coefficient (Wildman–Crippen LogP) is 4.82. The van der Waals surface area contributed by atoms with E-state index >= 15 is 0 Å². The zero-order valence-corrected chi connectivity index (χ0v) is 18.1. The standard InChI is InChI=1S/C25H26N4O2/c1-16-7-4-5-8-18(16)14-31-19-10-6-9-17(11-19)23-22-20(12-25(2,3)13-21(22)30)28-24-26-15-27-29(23)24/h4-11,15,23H,12-14H2,1-3H3,(H,26,27,28). The molecule has 5 rings (SSSR count). The molecule has 1 unspecified atom stereocenters. The molecule has 2 aliphatic rings. The van der Waals surface area contributed by atoms with E-state index < -0.39 is 0 Å². The van der Waals surface area contributed by atoms with Gasteiger partial charge in [-0.2, -0.15) is 10.1 Å². The number of hydrogen-bond donors (Lipinski definition) is 1. The van der Waals surface area contributed by atoms with Crippen molar-refractivity contribution < 1.29 is 9.53 Å². The van der Waals surface area contributed by atoms with Crippen molar-refractivity contribution in [3.8, 4) is 5.75 Å². The molecule has 0 amide bonds. The molecule has 3 aromatic rings. The van der Waals surface area contributed by atoms with Crippen LogP contribution in [0.15, 0.2) is 66.1 Å². The van der Waals surface area contributed by atoms with Crippen molar-refractivity contribution in [1.82, 2.24) is 14.8 Å². The van der Waals surface area contributed by atoms with Crippen LogP contribution in [0, 0.1) is 12.3 Å². The zero-order chi connectivity index (χ0) is 21.6. The van der Waals surface area contributed by atoms with Gasteiger partial charge in [0.25, 0.3) is 0 Å². The summed E-state index contributed by atoms with van der Waals surface area (Å²) >= 11 is 0. The number of anilines is 1. The minimum absolute atomic E-state index is 0.0752. The van der Waals surface area contributed by atoms with Crippen molar-refractivity contribution >= 4 is 11.7 Å². The molecule has 31 heavy (non-hydrogen) atoms. The highest BCUT2D eigenvalue weighted by molar-refractivity contribution is 6.00. The largest absolute Gasteiger partial charge is 0.489 e. The quantitative estimate of drug-likeness (QED) is 0.663. The first kappa shape index (κ1) is 19.5. The molecule has 1 atom stereocenters. The van der Waals surface area contributed by atoms with Crippen LogP contribution >= 0.6 is 0 Å². The Morgan fingerprint density at radius 1 is 1.16 bits per heavy atom. The monoisotopic (exact) mass is 414 g/mol. The van der Waals surface area contributed by atoms with Crippen molar-refractivity contribution in [3.05, 3.63) is 82.8 Å². The van der Waals surface area contributed by atoms with E-state index in [0.29, 0.717) is 19.0 Å². The Bertz CT molecular complexity index is 1190. The minimum Gasteiger partial charge on any atom is -0.489 e. The molecular weight excluding hydrogens is 388 g/mol. The van der Waals surface area contributed by atoms with Crippen LogP contribution in [-0.4, -0.2) is 20.5 Å². The number of aromatic nitrogens is 3. The van der Waals surface area contributed by atoms with Crippen LogP contribution in [0.5, 0.6) is 5.75 Å². The zero-order valence-electron chi connectivity index (χ0n) is 18.1. The van der Waals surface area contributed by atoms with Gasteiger partial charge in [0.2, 0.25) is 5.95 Å². The number of allylic oxidation sites excluding steroid dienone is 2. The predicted molar refractivity (Wildman–Crippen MR) is 119 cm³/mol. The summed E-state index contributed by atoms with van der Waals surface area (Å²) in [5, 5.41) is 7.78. The summed E-state index contributed by atoms with van der Waals surface area (Å²) in [6.45, 7) is 6.84. The number of nitrogens with one attached hydrogen (secondary N) is 1. The van der Waals surface area contributed by atoms with E-state index in [9.17, 15) is 4.79 Å². The normalized spacial score (nSPS) is 19.5. The summed E-state index contributed by atoms with van der Waals surface area (Å²) in [5.41, 5.74) is 4.99. The Kier molecular flexibility index (Phi) is 4.65. The highest BCUT2D eigenvalue weighted by Gasteiger charge is 2.41. The Hall–Kier alpha value is -3.41. The van der Waals surface area contributed by atoms with Crippen molar-refractivity contribution in [1.29, 1.82) is 0 Å². The second-order valence-corrected chi connectivity index (χ2v) is 9.18. The molecule has 0 bridgehead atoms. The average molecular weight is 415 g/mol. The van der Waals surface area contributed by atoms with Crippen LogP contribution in [0.2, 0.25) is 0 Å². The van der Waals surface area contributed by atoms with Gasteiger partial charge in [-0.1, -0.05) is 50.2 Å². The SMILES string of the molecule is Cc1ccccc1COc1cccc(C2C3=C(CC(C)(C)CC3=O)Nc3ncnn32)c1. The molecule has 2 heterocycles. The van der Waals surface area contributed by atoms with E-state index in [4.69, 9.17) is 4.74 Å². The van der Waals surface area contributed by atoms with Crippen molar-refractivity contribution in [3.63, 3.8) is 0 Å². The first-order valence-electron chi connectivity index (χ1n) is 10.6. The third-order valence-corrected chi connectivity index (χ3v) is 6.10. The van der Waals surface area contributed by atoms with E-state index in [0.717, 1.165) is 34.6 Å². The van der Waals surface area contributed by atoms with Gasteiger partial charge < -0.3 is 10.1 Å². The molecule has 1 N–H and O–H groups in total. The van der Waals surface area contributed by atoms with E-state index in [1.54, 1.807) is 4.68 Å². The topological polar surface area (TPSA) is 69.0 Å². The lowest BCUT2D eigenvalue weighted by atomic mass is 9.73. The molecule has 0 fully saturated rings. The Morgan fingerprint density at radius 2 is 2.00 bits per heavy atom. The number of ether oxygens (including phenoxy) is 1. The maximum atomic E-state index is 13.2. The number of carbonyl (C=O) groups is 1. The van der Waals surface area contributed by atoms with E-state index in [1.165, 1.54) is 11.9 Å². The molecule has 1 aromatic heterocycles. The number of Topliss-reactive ketones (excluding diaryl/α,β-unsaturated/α-hetero) is 1. The fourth-order valence-corrected chi connectivity index (χ4v) is 4.56. The van der Waals surface area contributed by atoms with Crippen molar-refractivity contribution in [2.75, 3.05) is 5.32 Å². The van der Waals surface area contributed by atoms with Crippen LogP contribution in [0.25, 0.3) is 0 Å². The molecule has 0 saturated carbocycles. The van der Waals surface area contributed by atoms with Crippen LogP contribution < -0.4 is 10.1 Å². The van der Waals surface area contributed by atoms with Gasteiger partial charge in [-0.25, -0.2) is 4.68 Å². The number of benzene rings is 2. The molecule has 0 radical (unpaired) electrons. The Balaban J connectivity index is 1.50. The first-order chi connectivity index (χ1) is 14.9. The maximum Gasteiger partial charge on any atom is 0.226 e. The van der Waals surface area contributed by atoms with Crippen LogP contribution in [0.1, 0.15) is 49.4 Å². The number of nitrogens with zero attached hydrogens (tertiary/aromatic N) is 3. The fourth-order valence-electron chi connectivity index (χ4n) is 4.56. The Labute approximate surface area is 182 Å². The summed E-state index contributed by atoms with van der Waals surface area (Å²) in [7, 11) is 0. The third kappa shape index (κ3) is 3.63. The van der Waals surface area contributed by atoms with Gasteiger partial charge in [-0.05, 0) is 47.6 Å². The van der Waals surface area contributed by atoms with Gasteiger partial charge in [0.05, 0.1) is 0 Å². The van der Waals surface area contributed by atoms with E-state index in [2.05, 4.69) is 48.3 Å². The summed E-state index contributed by atoms with van der Waals surface area (Å²) < 4.78 is 7.91. The van der Waals surface area contributed by atoms with Gasteiger partial charge in [0.1, 0.15) is 24.7 Å². The smallest absolute Gasteiger partial charge is 0.226 e. The second-order valence-electron chi connectivity index (χ2n) is 9.18. The number of ketones is 1. The number of fused-ring (bicyclic) bond motifs is 1. The van der Waals surface area contributed by atoms with Gasteiger partial charge in [0, 0.05) is 17.7 Å². The number of carbonyl (C=O) groups excluding carboxylic acids is 1. The molecule has 2 aromatic carbocycles. The first-order valence-corrected chi connectivity index (χ1v) is 10.6.